The van der Waals surface area contributed by atoms with Crippen LogP contribution in [0.2, 0.25) is 0 Å². The summed E-state index contributed by atoms with van der Waals surface area (Å²) >= 11 is 0. The van der Waals surface area contributed by atoms with E-state index in [1.807, 2.05) is 0 Å². The van der Waals surface area contributed by atoms with Gasteiger partial charge in [0.2, 0.25) is 0 Å². The summed E-state index contributed by atoms with van der Waals surface area (Å²) in [4.78, 5) is 5.44. The van der Waals surface area contributed by atoms with Gasteiger partial charge in [0.1, 0.15) is 0 Å². The van der Waals surface area contributed by atoms with Gasteiger partial charge in [0.05, 0.1) is 16.7 Å². The van der Waals surface area contributed by atoms with Crippen LogP contribution in [0.3, 0.4) is 0 Å². The molecule has 2 aliphatic carbocycles. The quantitative estimate of drug-likeness (QED) is 0.133. The van der Waals surface area contributed by atoms with Gasteiger partial charge in [0, 0.05) is 44.9 Å². The molecule has 3 heterocycles. The van der Waals surface area contributed by atoms with E-state index in [1.165, 1.54) is 203 Å². The summed E-state index contributed by atoms with van der Waals surface area (Å²) in [7, 11) is 0. The first-order chi connectivity index (χ1) is 43.9. The second-order valence-electron chi connectivity index (χ2n) is 28.5. The normalized spacial score (nSPS) is 15.3. The summed E-state index contributed by atoms with van der Waals surface area (Å²) in [5.74, 6) is 1.07. The maximum absolute atomic E-state index is 2.72. The summed E-state index contributed by atoms with van der Waals surface area (Å²) < 4.78 is 2.61. The van der Waals surface area contributed by atoms with Gasteiger partial charge < -0.3 is 14.4 Å². The van der Waals surface area contributed by atoms with Crippen molar-refractivity contribution in [2.45, 2.75) is 128 Å². The van der Waals surface area contributed by atoms with Gasteiger partial charge in [-0.25, -0.2) is 0 Å². The molecule has 1 aromatic heterocycles. The van der Waals surface area contributed by atoms with Crippen molar-refractivity contribution in [1.29, 1.82) is 0 Å². The topological polar surface area (TPSA) is 11.4 Å². The molecule has 2 aliphatic heterocycles. The minimum Gasteiger partial charge on any atom is -0.311 e. The molecule has 2 saturated carbocycles. The Labute approximate surface area is 533 Å². The van der Waals surface area contributed by atoms with Crippen molar-refractivity contribution in [3.8, 4) is 50.2 Å². The zero-order chi connectivity index (χ0) is 60.8. The number of fused-ring (bicyclic) bond motifs is 7. The van der Waals surface area contributed by atoms with Crippen LogP contribution >= 0.6 is 0 Å². The molecule has 442 valence electrons. The summed E-state index contributed by atoms with van der Waals surface area (Å²) in [5, 5.41) is 2.48. The summed E-state index contributed by atoms with van der Waals surface area (Å²) in [6, 6.07) is 94.0. The molecule has 16 rings (SSSR count). The first-order valence-electron chi connectivity index (χ1n) is 33.6. The fourth-order valence-corrected chi connectivity index (χ4v) is 16.3. The van der Waals surface area contributed by atoms with Crippen molar-refractivity contribution in [1.82, 2.24) is 4.57 Å². The van der Waals surface area contributed by atoms with Gasteiger partial charge >= 0.3 is 0 Å². The molecule has 0 bridgehead atoms. The molecule has 3 nitrogen and oxygen atoms in total. The number of hydrogen-bond acceptors (Lipinski definition) is 2. The van der Waals surface area contributed by atoms with E-state index < -0.39 is 0 Å². The average molecular weight is 1170 g/mol. The maximum atomic E-state index is 2.72. The molecule has 11 aromatic carbocycles. The Hall–Kier alpha value is -9.12. The van der Waals surface area contributed by atoms with Gasteiger partial charge in [-0.05, 0) is 204 Å². The third kappa shape index (κ3) is 9.81. The first-order valence-corrected chi connectivity index (χ1v) is 33.6. The smallest absolute Gasteiger partial charge is 0.252 e. The van der Waals surface area contributed by atoms with Gasteiger partial charge in [-0.2, -0.15) is 0 Å². The predicted molar refractivity (Wildman–Crippen MR) is 386 cm³/mol. The summed E-state index contributed by atoms with van der Waals surface area (Å²) in [6.07, 6.45) is 12.7. The Morgan fingerprint density at radius 2 is 0.711 bits per heavy atom. The van der Waals surface area contributed by atoms with Crippen molar-refractivity contribution in [2.24, 2.45) is 0 Å². The highest BCUT2D eigenvalue weighted by molar-refractivity contribution is 7.00. The SMILES string of the molecule is CC(C)(C)c1cc2c(cc1-c1ccccc1)N(c1cccc(C3CCCCC3)c1)c1cc(-n3c4ccc(-c5ccccc5)cc4c4cc(-c5ccccc5)ccc43)cc3c1B2c1cc(C(C)(C)C)c(-c2ccccc2)cc1N3c1cccc(C2CCCCC2)c1. The molecule has 2 fully saturated rings. The lowest BCUT2D eigenvalue weighted by molar-refractivity contribution is 0.443. The third-order valence-electron chi connectivity index (χ3n) is 20.8. The largest absolute Gasteiger partial charge is 0.311 e. The monoisotopic (exact) mass is 1170 g/mol. The zero-order valence-electron chi connectivity index (χ0n) is 53.2. The lowest BCUT2D eigenvalue weighted by atomic mass is 9.33. The predicted octanol–water partition coefficient (Wildman–Crippen LogP) is 22.2. The van der Waals surface area contributed by atoms with Crippen LogP contribution in [0.4, 0.5) is 34.1 Å². The number of benzene rings is 11. The van der Waals surface area contributed by atoms with Crippen molar-refractivity contribution in [3.05, 3.63) is 265 Å². The Balaban J connectivity index is 1.06. The lowest BCUT2D eigenvalue weighted by Gasteiger charge is -2.46. The summed E-state index contributed by atoms with van der Waals surface area (Å²) in [6.45, 7) is 14.4. The van der Waals surface area contributed by atoms with Crippen molar-refractivity contribution < 1.29 is 0 Å². The van der Waals surface area contributed by atoms with Gasteiger partial charge in [0.25, 0.3) is 6.71 Å². The number of anilines is 6. The van der Waals surface area contributed by atoms with Crippen LogP contribution in [0.25, 0.3) is 72.0 Å². The molecule has 0 saturated heterocycles. The maximum Gasteiger partial charge on any atom is 0.252 e. The van der Waals surface area contributed by atoms with E-state index in [0.717, 1.165) is 5.69 Å². The number of aromatic nitrogens is 1. The fraction of sp³-hybridized carbons (Fsp3) is 0.233. The molecule has 0 unspecified atom stereocenters. The fourth-order valence-electron chi connectivity index (χ4n) is 16.3. The third-order valence-corrected chi connectivity index (χ3v) is 20.8. The van der Waals surface area contributed by atoms with Crippen LogP contribution in [-0.2, 0) is 10.8 Å². The number of rotatable bonds is 9. The van der Waals surface area contributed by atoms with E-state index in [1.54, 1.807) is 0 Å². The molecule has 0 radical (unpaired) electrons. The van der Waals surface area contributed by atoms with E-state index in [2.05, 4.69) is 299 Å². The highest BCUT2D eigenvalue weighted by Crippen LogP contribution is 2.51. The molecular formula is C86H80BN3. The van der Waals surface area contributed by atoms with Gasteiger partial charge in [-0.3, -0.25) is 0 Å². The molecule has 90 heavy (non-hydrogen) atoms. The molecule has 4 aliphatic rings. The van der Waals surface area contributed by atoms with E-state index in [9.17, 15) is 0 Å². The van der Waals surface area contributed by atoms with Crippen LogP contribution in [0.1, 0.15) is 140 Å². The van der Waals surface area contributed by atoms with Crippen molar-refractivity contribution >= 4 is 79.0 Å². The van der Waals surface area contributed by atoms with Gasteiger partial charge in [-0.15, -0.1) is 0 Å². The van der Waals surface area contributed by atoms with Crippen molar-refractivity contribution in [2.75, 3.05) is 9.80 Å². The van der Waals surface area contributed by atoms with E-state index in [-0.39, 0.29) is 17.5 Å². The zero-order valence-corrected chi connectivity index (χ0v) is 53.2. The van der Waals surface area contributed by atoms with Crippen LogP contribution in [0, 0.1) is 0 Å². The number of hydrogen-bond donors (Lipinski definition) is 0. The second-order valence-corrected chi connectivity index (χ2v) is 28.5. The lowest BCUT2D eigenvalue weighted by Crippen LogP contribution is -2.62. The van der Waals surface area contributed by atoms with Crippen LogP contribution < -0.4 is 26.2 Å². The molecule has 0 amide bonds. The van der Waals surface area contributed by atoms with Crippen LogP contribution in [0.15, 0.2) is 243 Å². The standard InChI is InChI=1S/C86H80BN3/c1-85(2,3)74-55-76-80(53-70(74)61-35-21-11-22-36-61)88(67-41-25-39-63(47-67)57-27-13-7-14-28-57)82-51-69(90-78-45-43-65(59-31-17-9-18-32-59)49-72(78)73-50-66(44-46-79(73)90)60-33-19-10-20-34-60)52-83-84(82)87(76)77-56-75(86(4,5)6)71(62-37-23-12-24-38-62)54-81(77)89(83)68-42-26-40-64(48-68)58-29-15-8-16-30-58/h9-12,17-26,31-58H,7-8,13-16,27-30H2,1-6H3. The molecule has 0 spiro atoms. The van der Waals surface area contributed by atoms with Crippen molar-refractivity contribution in [3.63, 3.8) is 0 Å². The van der Waals surface area contributed by atoms with E-state index in [0.29, 0.717) is 11.8 Å². The molecule has 0 atom stereocenters. The molecular weight excluding hydrogens is 1090 g/mol. The Morgan fingerprint density at radius 3 is 1.10 bits per heavy atom. The van der Waals surface area contributed by atoms with Crippen LogP contribution in [-0.4, -0.2) is 11.3 Å². The van der Waals surface area contributed by atoms with Crippen LogP contribution in [0.5, 0.6) is 0 Å². The Morgan fingerprint density at radius 1 is 0.322 bits per heavy atom. The minimum absolute atomic E-state index is 0.110. The molecule has 0 N–H and O–H groups in total. The van der Waals surface area contributed by atoms with E-state index in [4.69, 9.17) is 0 Å². The Kier molecular flexibility index (Phi) is 14.0. The molecule has 12 aromatic rings. The molecule has 4 heteroatoms. The first kappa shape index (κ1) is 56.1. The Bertz CT molecular complexity index is 4390. The number of nitrogens with zero attached hydrogens (tertiary/aromatic N) is 3. The minimum atomic E-state index is -0.174. The summed E-state index contributed by atoms with van der Waals surface area (Å²) in [5.41, 5.74) is 30.1. The van der Waals surface area contributed by atoms with Gasteiger partial charge in [0.15, 0.2) is 0 Å². The highest BCUT2D eigenvalue weighted by atomic mass is 15.2. The van der Waals surface area contributed by atoms with E-state index >= 15 is 0 Å². The van der Waals surface area contributed by atoms with Gasteiger partial charge in [-0.1, -0.05) is 250 Å². The average Bonchev–Trinajstić information content (AvgIpc) is 0.828. The highest BCUT2D eigenvalue weighted by Gasteiger charge is 2.46. The second kappa shape index (κ2) is 22.4.